The maximum absolute atomic E-state index is 12.5. The van der Waals surface area contributed by atoms with Gasteiger partial charge >= 0.3 is 0 Å². The summed E-state index contributed by atoms with van der Waals surface area (Å²) in [5, 5.41) is 0.378. The van der Waals surface area contributed by atoms with Gasteiger partial charge in [-0.05, 0) is 37.5 Å². The molecule has 2 aliphatic rings. The smallest absolute Gasteiger partial charge is 0.241 e. The van der Waals surface area contributed by atoms with Crippen LogP contribution in [0.4, 0.5) is 0 Å². The highest BCUT2D eigenvalue weighted by molar-refractivity contribution is 7.89. The number of carbonyl (C=O) groups is 1. The Morgan fingerprint density at radius 2 is 2.05 bits per heavy atom. The molecule has 0 aromatic heterocycles. The van der Waals surface area contributed by atoms with E-state index in [1.54, 1.807) is 24.0 Å². The van der Waals surface area contributed by atoms with E-state index in [1.807, 2.05) is 0 Å². The van der Waals surface area contributed by atoms with Gasteiger partial charge in [-0.15, -0.1) is 0 Å². The molecule has 0 radical (unpaired) electrons. The molecule has 7 heteroatoms. The lowest BCUT2D eigenvalue weighted by Crippen LogP contribution is -2.37. The van der Waals surface area contributed by atoms with Crippen molar-refractivity contribution >= 4 is 27.5 Å². The first-order valence-electron chi connectivity index (χ1n) is 6.95. The first kappa shape index (κ1) is 14.8. The number of rotatable bonds is 4. The molecule has 1 saturated heterocycles. The zero-order chi connectivity index (χ0) is 15.2. The number of likely N-dealkylation sites (tertiary alicyclic amines) is 1. The van der Waals surface area contributed by atoms with Crippen LogP contribution in [-0.2, 0) is 14.8 Å². The average molecular weight is 329 g/mol. The number of amides is 1. The van der Waals surface area contributed by atoms with Gasteiger partial charge in [0.25, 0.3) is 0 Å². The van der Waals surface area contributed by atoms with Gasteiger partial charge in [-0.1, -0.05) is 17.7 Å². The predicted octanol–water partition coefficient (Wildman–Crippen LogP) is 1.69. The topological polar surface area (TPSA) is 66.5 Å². The fourth-order valence-electron chi connectivity index (χ4n) is 2.70. The molecule has 0 spiro atoms. The second-order valence-corrected chi connectivity index (χ2v) is 7.83. The van der Waals surface area contributed by atoms with Gasteiger partial charge in [0.15, 0.2) is 0 Å². The lowest BCUT2D eigenvalue weighted by Gasteiger charge is -2.17. The highest BCUT2D eigenvalue weighted by atomic mass is 35.5. The Hall–Kier alpha value is -1.11. The molecule has 5 nitrogen and oxygen atoms in total. The molecule has 1 aromatic carbocycles. The van der Waals surface area contributed by atoms with Crippen molar-refractivity contribution in [2.45, 2.75) is 43.2 Å². The minimum absolute atomic E-state index is 0.0352. The molecule has 1 N–H and O–H groups in total. The van der Waals surface area contributed by atoms with Gasteiger partial charge < -0.3 is 4.90 Å². The lowest BCUT2D eigenvalue weighted by atomic mass is 10.2. The quantitative estimate of drug-likeness (QED) is 0.914. The summed E-state index contributed by atoms with van der Waals surface area (Å²) in [4.78, 5) is 13.8. The third-order valence-electron chi connectivity index (χ3n) is 3.91. The van der Waals surface area contributed by atoms with E-state index in [-0.39, 0.29) is 23.3 Å². The zero-order valence-electron chi connectivity index (χ0n) is 11.7. The number of nitrogens with one attached hydrogen (secondary N) is 1. The molecule has 21 heavy (non-hydrogen) atoms. The van der Waals surface area contributed by atoms with Gasteiger partial charge in [0, 0.05) is 30.1 Å². The van der Waals surface area contributed by atoms with Crippen LogP contribution < -0.4 is 4.72 Å². The first-order chi connectivity index (χ1) is 9.87. The van der Waals surface area contributed by atoms with Crippen LogP contribution in [0.5, 0.6) is 0 Å². The van der Waals surface area contributed by atoms with Crippen LogP contribution in [0, 0.1) is 6.92 Å². The highest BCUT2D eigenvalue weighted by Crippen LogP contribution is 2.31. The molecule has 114 valence electrons. The molecule has 1 atom stereocenters. The maximum Gasteiger partial charge on any atom is 0.241 e. The fourth-order valence-corrected chi connectivity index (χ4v) is 4.43. The fraction of sp³-hybridized carbons (Fsp3) is 0.500. The molecular formula is C14H17ClN2O3S. The molecule has 2 fully saturated rings. The van der Waals surface area contributed by atoms with Gasteiger partial charge in [0.1, 0.15) is 0 Å². The largest absolute Gasteiger partial charge is 0.338 e. The Bertz CT molecular complexity index is 685. The van der Waals surface area contributed by atoms with Crippen LogP contribution in [-0.4, -0.2) is 37.9 Å². The maximum atomic E-state index is 12.5. The van der Waals surface area contributed by atoms with Crippen LogP contribution in [0.3, 0.4) is 0 Å². The van der Waals surface area contributed by atoms with Crippen LogP contribution in [0.25, 0.3) is 0 Å². The van der Waals surface area contributed by atoms with E-state index in [9.17, 15) is 13.2 Å². The van der Waals surface area contributed by atoms with Crippen LogP contribution >= 0.6 is 11.6 Å². The summed E-state index contributed by atoms with van der Waals surface area (Å²) < 4.78 is 27.6. The van der Waals surface area contributed by atoms with Crippen LogP contribution in [0.1, 0.15) is 24.8 Å². The van der Waals surface area contributed by atoms with Crippen molar-refractivity contribution in [3.8, 4) is 0 Å². The summed E-state index contributed by atoms with van der Waals surface area (Å²) in [6, 6.07) is 4.73. The van der Waals surface area contributed by atoms with E-state index in [1.165, 1.54) is 6.07 Å². The second-order valence-electron chi connectivity index (χ2n) is 5.71. The van der Waals surface area contributed by atoms with Crippen molar-refractivity contribution in [3.63, 3.8) is 0 Å². The van der Waals surface area contributed by atoms with E-state index < -0.39 is 10.0 Å². The Morgan fingerprint density at radius 3 is 2.71 bits per heavy atom. The summed E-state index contributed by atoms with van der Waals surface area (Å²) in [5.41, 5.74) is 0.635. The third-order valence-corrected chi connectivity index (χ3v) is 5.81. The first-order valence-corrected chi connectivity index (χ1v) is 8.81. The summed E-state index contributed by atoms with van der Waals surface area (Å²) >= 11 is 5.88. The molecule has 0 unspecified atom stereocenters. The molecule has 1 heterocycles. The van der Waals surface area contributed by atoms with Crippen molar-refractivity contribution in [2.24, 2.45) is 0 Å². The van der Waals surface area contributed by atoms with Gasteiger partial charge in [-0.3, -0.25) is 4.79 Å². The van der Waals surface area contributed by atoms with Crippen molar-refractivity contribution in [3.05, 3.63) is 28.8 Å². The monoisotopic (exact) mass is 328 g/mol. The standard InChI is InChI=1S/C14H17ClN2O3S/c1-9-2-3-10(15)6-13(9)21(19,20)16-11-7-14(18)17(8-11)12-4-5-12/h2-3,6,11-12,16H,4-5,7-8H2,1H3/t11-/m0/s1. The highest BCUT2D eigenvalue weighted by Gasteiger charge is 2.40. The van der Waals surface area contributed by atoms with E-state index >= 15 is 0 Å². The Labute approximate surface area is 129 Å². The Kier molecular flexibility index (Phi) is 3.71. The van der Waals surface area contributed by atoms with Gasteiger partial charge in [0.2, 0.25) is 15.9 Å². The minimum Gasteiger partial charge on any atom is -0.338 e. The van der Waals surface area contributed by atoms with Gasteiger partial charge in [-0.2, -0.15) is 0 Å². The number of nitrogens with zero attached hydrogens (tertiary/aromatic N) is 1. The number of hydrogen-bond donors (Lipinski definition) is 1. The summed E-state index contributed by atoms with van der Waals surface area (Å²) in [5.74, 6) is 0.0352. The summed E-state index contributed by atoms with van der Waals surface area (Å²) in [6.07, 6.45) is 2.28. The Balaban J connectivity index is 1.77. The van der Waals surface area contributed by atoms with E-state index in [4.69, 9.17) is 11.6 Å². The van der Waals surface area contributed by atoms with Crippen molar-refractivity contribution in [1.82, 2.24) is 9.62 Å². The van der Waals surface area contributed by atoms with Crippen molar-refractivity contribution in [1.29, 1.82) is 0 Å². The molecule has 0 bridgehead atoms. The van der Waals surface area contributed by atoms with Gasteiger partial charge in [-0.25, -0.2) is 13.1 Å². The van der Waals surface area contributed by atoms with Crippen molar-refractivity contribution in [2.75, 3.05) is 6.54 Å². The molecule has 1 aliphatic carbocycles. The zero-order valence-corrected chi connectivity index (χ0v) is 13.2. The average Bonchev–Trinajstić information content (AvgIpc) is 3.17. The number of carbonyl (C=O) groups excluding carboxylic acids is 1. The molecule has 1 saturated carbocycles. The van der Waals surface area contributed by atoms with E-state index in [2.05, 4.69) is 4.72 Å². The van der Waals surface area contributed by atoms with E-state index in [0.717, 1.165) is 12.8 Å². The lowest BCUT2D eigenvalue weighted by molar-refractivity contribution is -0.128. The van der Waals surface area contributed by atoms with Gasteiger partial charge in [0.05, 0.1) is 4.90 Å². The second kappa shape index (κ2) is 5.26. The third kappa shape index (κ3) is 3.07. The normalized spacial score (nSPS) is 22.9. The molecular weight excluding hydrogens is 312 g/mol. The number of benzene rings is 1. The number of hydrogen-bond acceptors (Lipinski definition) is 3. The number of aryl methyl sites for hydroxylation is 1. The Morgan fingerprint density at radius 1 is 1.33 bits per heavy atom. The SMILES string of the molecule is Cc1ccc(Cl)cc1S(=O)(=O)N[C@H]1CC(=O)N(C2CC2)C1. The van der Waals surface area contributed by atoms with Crippen molar-refractivity contribution < 1.29 is 13.2 Å². The van der Waals surface area contributed by atoms with E-state index in [0.29, 0.717) is 23.2 Å². The van der Waals surface area contributed by atoms with Crippen LogP contribution in [0.15, 0.2) is 23.1 Å². The molecule has 1 amide bonds. The summed E-state index contributed by atoms with van der Waals surface area (Å²) in [7, 11) is -3.66. The number of sulfonamides is 1. The molecule has 1 aliphatic heterocycles. The molecule has 3 rings (SSSR count). The minimum atomic E-state index is -3.66. The summed E-state index contributed by atoms with van der Waals surface area (Å²) in [6.45, 7) is 2.18. The van der Waals surface area contributed by atoms with Crippen LogP contribution in [0.2, 0.25) is 5.02 Å². The predicted molar refractivity (Wildman–Crippen MR) is 79.7 cm³/mol. The molecule has 1 aromatic rings. The number of halogens is 1.